The second kappa shape index (κ2) is 5.86. The third-order valence-corrected chi connectivity index (χ3v) is 3.01. The Balaban J connectivity index is 2.60. The van der Waals surface area contributed by atoms with E-state index in [1.807, 2.05) is 32.0 Å². The fraction of sp³-hybridized carbons (Fsp3) is 0.400. The minimum atomic E-state index is -0.334. The summed E-state index contributed by atoms with van der Waals surface area (Å²) in [7, 11) is 0. The molecule has 0 bridgehead atoms. The lowest BCUT2D eigenvalue weighted by molar-refractivity contribution is -0.142. The third kappa shape index (κ3) is 2.71. The highest BCUT2D eigenvalue weighted by atomic mass is 16.5. The number of benzene rings is 1. The normalized spacial score (nSPS) is 11.0. The first-order valence-corrected chi connectivity index (χ1v) is 6.70. The molecule has 1 heterocycles. The van der Waals surface area contributed by atoms with Crippen molar-refractivity contribution in [3.05, 3.63) is 40.3 Å². The van der Waals surface area contributed by atoms with Gasteiger partial charge in [0, 0.05) is 5.39 Å². The summed E-state index contributed by atoms with van der Waals surface area (Å²) in [5, 5.41) is 5.62. The Bertz CT molecular complexity index is 689. The van der Waals surface area contributed by atoms with Gasteiger partial charge >= 0.3 is 5.97 Å². The average Bonchev–Trinajstić information content (AvgIpc) is 2.42. The number of hydrogen-bond donors (Lipinski definition) is 0. The van der Waals surface area contributed by atoms with E-state index in [0.29, 0.717) is 23.1 Å². The molecule has 1 aromatic carbocycles. The van der Waals surface area contributed by atoms with Crippen LogP contribution in [0, 0.1) is 0 Å². The Kier molecular flexibility index (Phi) is 4.17. The van der Waals surface area contributed by atoms with Crippen LogP contribution < -0.4 is 5.56 Å². The molecule has 0 saturated heterocycles. The highest BCUT2D eigenvalue weighted by molar-refractivity contribution is 5.86. The first kappa shape index (κ1) is 14.2. The summed E-state index contributed by atoms with van der Waals surface area (Å²) in [5.74, 6) is -0.334. The molecule has 2 aromatic rings. The SMILES string of the molecule is CCOC(=O)Cc1nn(C(C)C)c(=O)c2ccccc12. The predicted molar refractivity (Wildman–Crippen MR) is 76.7 cm³/mol. The maximum Gasteiger partial charge on any atom is 0.311 e. The number of rotatable bonds is 4. The Morgan fingerprint density at radius 1 is 1.30 bits per heavy atom. The number of carbonyl (C=O) groups is 1. The molecule has 1 aromatic heterocycles. The third-order valence-electron chi connectivity index (χ3n) is 3.01. The molecule has 20 heavy (non-hydrogen) atoms. The lowest BCUT2D eigenvalue weighted by Crippen LogP contribution is -2.27. The van der Waals surface area contributed by atoms with Gasteiger partial charge in [-0.15, -0.1) is 0 Å². The monoisotopic (exact) mass is 274 g/mol. The van der Waals surface area contributed by atoms with E-state index in [-0.39, 0.29) is 24.0 Å². The number of carbonyl (C=O) groups excluding carboxylic acids is 1. The molecule has 0 aliphatic heterocycles. The first-order valence-electron chi connectivity index (χ1n) is 6.70. The van der Waals surface area contributed by atoms with Crippen molar-refractivity contribution < 1.29 is 9.53 Å². The molecule has 0 atom stereocenters. The summed E-state index contributed by atoms with van der Waals surface area (Å²) in [4.78, 5) is 24.0. The minimum Gasteiger partial charge on any atom is -0.466 e. The van der Waals surface area contributed by atoms with Crippen LogP contribution in [-0.2, 0) is 16.0 Å². The van der Waals surface area contributed by atoms with E-state index in [4.69, 9.17) is 4.74 Å². The molecule has 106 valence electrons. The van der Waals surface area contributed by atoms with Gasteiger partial charge in [0.25, 0.3) is 5.56 Å². The van der Waals surface area contributed by atoms with Gasteiger partial charge in [0.05, 0.1) is 30.1 Å². The molecule has 2 rings (SSSR count). The largest absolute Gasteiger partial charge is 0.466 e. The maximum absolute atomic E-state index is 12.3. The molecule has 0 amide bonds. The van der Waals surface area contributed by atoms with Crippen LogP contribution in [0.4, 0.5) is 0 Å². The van der Waals surface area contributed by atoms with Crippen molar-refractivity contribution in [3.63, 3.8) is 0 Å². The number of ether oxygens (including phenoxy) is 1. The van der Waals surface area contributed by atoms with Crippen molar-refractivity contribution in [2.75, 3.05) is 6.61 Å². The van der Waals surface area contributed by atoms with Gasteiger partial charge in [-0.1, -0.05) is 18.2 Å². The van der Waals surface area contributed by atoms with E-state index in [9.17, 15) is 9.59 Å². The molecular formula is C15H18N2O3. The summed E-state index contributed by atoms with van der Waals surface area (Å²) in [5.41, 5.74) is 0.440. The summed E-state index contributed by atoms with van der Waals surface area (Å²) in [6.07, 6.45) is 0.0708. The van der Waals surface area contributed by atoms with E-state index in [0.717, 1.165) is 0 Å². The van der Waals surface area contributed by atoms with Gasteiger partial charge in [-0.3, -0.25) is 9.59 Å². The van der Waals surface area contributed by atoms with E-state index < -0.39 is 0 Å². The minimum absolute atomic E-state index is 0.0620. The van der Waals surface area contributed by atoms with Crippen LogP contribution in [0.3, 0.4) is 0 Å². The molecule has 0 aliphatic rings. The van der Waals surface area contributed by atoms with Crippen LogP contribution in [0.5, 0.6) is 0 Å². The zero-order valence-electron chi connectivity index (χ0n) is 11.9. The average molecular weight is 274 g/mol. The highest BCUT2D eigenvalue weighted by Gasteiger charge is 2.15. The van der Waals surface area contributed by atoms with Gasteiger partial charge in [0.15, 0.2) is 0 Å². The lowest BCUT2D eigenvalue weighted by Gasteiger charge is -2.13. The van der Waals surface area contributed by atoms with Gasteiger partial charge in [-0.2, -0.15) is 5.10 Å². The molecule has 5 heteroatoms. The molecule has 0 spiro atoms. The van der Waals surface area contributed by atoms with Crippen molar-refractivity contribution in [1.29, 1.82) is 0 Å². The number of fused-ring (bicyclic) bond motifs is 1. The Hall–Kier alpha value is -2.17. The molecular weight excluding hydrogens is 256 g/mol. The predicted octanol–water partition coefficient (Wildman–Crippen LogP) is 2.08. The van der Waals surface area contributed by atoms with E-state index in [1.165, 1.54) is 4.68 Å². The summed E-state index contributed by atoms with van der Waals surface area (Å²) in [6.45, 7) is 5.87. The number of nitrogens with zero attached hydrogens (tertiary/aromatic N) is 2. The quantitative estimate of drug-likeness (QED) is 0.801. The van der Waals surface area contributed by atoms with Crippen LogP contribution in [0.15, 0.2) is 29.1 Å². The van der Waals surface area contributed by atoms with E-state index >= 15 is 0 Å². The highest BCUT2D eigenvalue weighted by Crippen LogP contribution is 2.15. The second-order valence-electron chi connectivity index (χ2n) is 4.82. The summed E-state index contributed by atoms with van der Waals surface area (Å²) in [6, 6.07) is 7.14. The van der Waals surface area contributed by atoms with Gasteiger partial charge in [0.1, 0.15) is 0 Å². The van der Waals surface area contributed by atoms with Gasteiger partial charge in [0.2, 0.25) is 0 Å². The fourth-order valence-electron chi connectivity index (χ4n) is 2.10. The van der Waals surface area contributed by atoms with Gasteiger partial charge in [-0.05, 0) is 26.8 Å². The molecule has 0 aliphatic carbocycles. The summed E-state index contributed by atoms with van der Waals surface area (Å²) < 4.78 is 6.37. The van der Waals surface area contributed by atoms with Crippen molar-refractivity contribution in [3.8, 4) is 0 Å². The Morgan fingerprint density at radius 2 is 1.95 bits per heavy atom. The van der Waals surface area contributed by atoms with Crippen LogP contribution >= 0.6 is 0 Å². The van der Waals surface area contributed by atoms with E-state index in [1.54, 1.807) is 13.0 Å². The Morgan fingerprint density at radius 3 is 2.55 bits per heavy atom. The molecule has 0 unspecified atom stereocenters. The zero-order chi connectivity index (χ0) is 14.7. The molecule has 0 radical (unpaired) electrons. The second-order valence-corrected chi connectivity index (χ2v) is 4.82. The number of hydrogen-bond acceptors (Lipinski definition) is 4. The van der Waals surface area contributed by atoms with Gasteiger partial charge in [-0.25, -0.2) is 4.68 Å². The molecule has 0 saturated carbocycles. The number of esters is 1. The van der Waals surface area contributed by atoms with Crippen molar-refractivity contribution in [2.24, 2.45) is 0 Å². The molecule has 0 fully saturated rings. The van der Waals surface area contributed by atoms with Crippen LogP contribution in [0.1, 0.15) is 32.5 Å². The lowest BCUT2D eigenvalue weighted by atomic mass is 10.1. The van der Waals surface area contributed by atoms with E-state index in [2.05, 4.69) is 5.10 Å². The van der Waals surface area contributed by atoms with Crippen LogP contribution in [0.2, 0.25) is 0 Å². The smallest absolute Gasteiger partial charge is 0.311 e. The fourth-order valence-corrected chi connectivity index (χ4v) is 2.10. The first-order chi connectivity index (χ1) is 9.54. The van der Waals surface area contributed by atoms with Crippen molar-refractivity contribution >= 4 is 16.7 Å². The van der Waals surface area contributed by atoms with Crippen LogP contribution in [-0.4, -0.2) is 22.4 Å². The Labute approximate surface area is 117 Å². The molecule has 5 nitrogen and oxygen atoms in total. The zero-order valence-corrected chi connectivity index (χ0v) is 11.9. The maximum atomic E-state index is 12.3. The van der Waals surface area contributed by atoms with Crippen molar-refractivity contribution in [2.45, 2.75) is 33.2 Å². The number of aromatic nitrogens is 2. The topological polar surface area (TPSA) is 61.2 Å². The van der Waals surface area contributed by atoms with Crippen LogP contribution in [0.25, 0.3) is 10.8 Å². The molecule has 0 N–H and O–H groups in total. The van der Waals surface area contributed by atoms with Crippen molar-refractivity contribution in [1.82, 2.24) is 9.78 Å². The summed E-state index contributed by atoms with van der Waals surface area (Å²) >= 11 is 0. The van der Waals surface area contributed by atoms with Gasteiger partial charge < -0.3 is 4.74 Å². The standard InChI is InChI=1S/C15H18N2O3/c1-4-20-14(18)9-13-11-7-5-6-8-12(11)15(19)17(16-13)10(2)3/h5-8,10H,4,9H2,1-3H3.